The molecule has 4 nitrogen and oxygen atoms in total. The lowest BCUT2D eigenvalue weighted by Gasteiger charge is -2.47. The van der Waals surface area contributed by atoms with Crippen LogP contribution in [0.3, 0.4) is 0 Å². The van der Waals surface area contributed by atoms with Crippen molar-refractivity contribution in [1.82, 2.24) is 4.90 Å². The maximum absolute atomic E-state index is 12.5. The van der Waals surface area contributed by atoms with Gasteiger partial charge < -0.3 is 10.0 Å². The summed E-state index contributed by atoms with van der Waals surface area (Å²) in [6.07, 6.45) is 4.80. The third kappa shape index (κ3) is 2.66. The molecule has 1 aliphatic heterocycles. The highest BCUT2D eigenvalue weighted by molar-refractivity contribution is 5.94. The highest BCUT2D eigenvalue weighted by Gasteiger charge is 2.43. The predicted molar refractivity (Wildman–Crippen MR) is 78.6 cm³/mol. The fraction of sp³-hybridized carbons (Fsp3) is 0.529. The molecule has 1 amide bonds. The number of carbonyl (C=O) groups is 1. The van der Waals surface area contributed by atoms with Crippen LogP contribution in [-0.4, -0.2) is 34.6 Å². The molecular formula is C17H20N2O2. The number of piperidine rings is 1. The summed E-state index contributed by atoms with van der Waals surface area (Å²) in [5.74, 6) is 0.217. The first-order valence-corrected chi connectivity index (χ1v) is 7.64. The Morgan fingerprint density at radius 2 is 2.05 bits per heavy atom. The minimum absolute atomic E-state index is 0.00659. The number of aliphatic hydroxyl groups is 1. The number of hydrogen-bond acceptors (Lipinski definition) is 3. The van der Waals surface area contributed by atoms with E-state index in [1.54, 1.807) is 24.3 Å². The number of nitriles is 1. The van der Waals surface area contributed by atoms with Gasteiger partial charge in [-0.25, -0.2) is 0 Å². The summed E-state index contributed by atoms with van der Waals surface area (Å²) in [5, 5.41) is 19.5. The number of nitrogens with zero attached hydrogens (tertiary/aromatic N) is 2. The Morgan fingerprint density at radius 3 is 2.76 bits per heavy atom. The first-order valence-electron chi connectivity index (χ1n) is 7.64. The minimum atomic E-state index is -0.556. The molecule has 21 heavy (non-hydrogen) atoms. The lowest BCUT2D eigenvalue weighted by molar-refractivity contribution is -0.0886. The summed E-state index contributed by atoms with van der Waals surface area (Å²) in [7, 11) is 0. The fourth-order valence-corrected chi connectivity index (χ4v) is 3.63. The first-order chi connectivity index (χ1) is 10.1. The second-order valence-electron chi connectivity index (χ2n) is 6.24. The fourth-order valence-electron chi connectivity index (χ4n) is 3.63. The maximum Gasteiger partial charge on any atom is 0.253 e. The van der Waals surface area contributed by atoms with Crippen LogP contribution in [0.4, 0.5) is 0 Å². The van der Waals surface area contributed by atoms with Crippen molar-refractivity contribution in [3.05, 3.63) is 35.4 Å². The van der Waals surface area contributed by atoms with Crippen LogP contribution in [0.2, 0.25) is 0 Å². The summed E-state index contributed by atoms with van der Waals surface area (Å²) < 4.78 is 0. The Hall–Kier alpha value is -1.86. The minimum Gasteiger partial charge on any atom is -0.389 e. The van der Waals surface area contributed by atoms with Crippen LogP contribution in [0, 0.1) is 17.2 Å². The number of benzene rings is 1. The van der Waals surface area contributed by atoms with Gasteiger partial charge in [0.25, 0.3) is 5.91 Å². The Kier molecular flexibility index (Phi) is 3.69. The van der Waals surface area contributed by atoms with E-state index in [4.69, 9.17) is 5.26 Å². The van der Waals surface area contributed by atoms with Gasteiger partial charge >= 0.3 is 0 Å². The van der Waals surface area contributed by atoms with E-state index in [2.05, 4.69) is 6.07 Å². The van der Waals surface area contributed by atoms with Gasteiger partial charge in [0.05, 0.1) is 17.2 Å². The molecule has 1 saturated heterocycles. The van der Waals surface area contributed by atoms with E-state index in [0.29, 0.717) is 30.6 Å². The SMILES string of the molecule is N#Cc1ccc(C(=O)N2CCC3(O)CCCCC3C2)cc1. The standard InChI is InChI=1S/C17H20N2O2/c18-11-13-4-6-14(7-5-13)16(20)19-10-9-17(21)8-2-1-3-15(17)12-19/h4-7,15,21H,1-3,8-10,12H2. The van der Waals surface area contributed by atoms with E-state index in [9.17, 15) is 9.90 Å². The highest BCUT2D eigenvalue weighted by atomic mass is 16.3. The van der Waals surface area contributed by atoms with Gasteiger partial charge in [-0.2, -0.15) is 5.26 Å². The maximum atomic E-state index is 12.5. The lowest BCUT2D eigenvalue weighted by atomic mass is 9.71. The number of fused-ring (bicyclic) bond motifs is 1. The Bertz CT molecular complexity index is 575. The molecular weight excluding hydrogens is 264 g/mol. The zero-order valence-electron chi connectivity index (χ0n) is 12.1. The van der Waals surface area contributed by atoms with E-state index >= 15 is 0 Å². The molecule has 110 valence electrons. The van der Waals surface area contributed by atoms with Crippen molar-refractivity contribution in [2.45, 2.75) is 37.7 Å². The van der Waals surface area contributed by atoms with Crippen LogP contribution in [0.25, 0.3) is 0 Å². The topological polar surface area (TPSA) is 64.3 Å². The van der Waals surface area contributed by atoms with Crippen LogP contribution < -0.4 is 0 Å². The van der Waals surface area contributed by atoms with E-state index < -0.39 is 5.60 Å². The zero-order chi connectivity index (χ0) is 14.9. The van der Waals surface area contributed by atoms with Gasteiger partial charge in [-0.05, 0) is 43.5 Å². The molecule has 2 aliphatic rings. The van der Waals surface area contributed by atoms with Gasteiger partial charge in [-0.1, -0.05) is 12.8 Å². The van der Waals surface area contributed by atoms with E-state index in [1.165, 1.54) is 0 Å². The molecule has 2 fully saturated rings. The molecule has 3 rings (SSSR count). The van der Waals surface area contributed by atoms with E-state index in [1.807, 2.05) is 4.90 Å². The molecule has 0 aromatic heterocycles. The molecule has 1 N–H and O–H groups in total. The van der Waals surface area contributed by atoms with Gasteiger partial charge in [-0.3, -0.25) is 4.79 Å². The molecule has 1 aliphatic carbocycles. The molecule has 1 aromatic carbocycles. The second kappa shape index (κ2) is 5.50. The summed E-state index contributed by atoms with van der Waals surface area (Å²) in [6, 6.07) is 8.83. The largest absolute Gasteiger partial charge is 0.389 e. The lowest BCUT2D eigenvalue weighted by Crippen LogP contribution is -2.54. The predicted octanol–water partition coefficient (Wildman–Crippen LogP) is 2.33. The summed E-state index contributed by atoms with van der Waals surface area (Å²) in [5.41, 5.74) is 0.627. The molecule has 4 heteroatoms. The van der Waals surface area contributed by atoms with Crippen molar-refractivity contribution in [2.24, 2.45) is 5.92 Å². The third-order valence-electron chi connectivity index (χ3n) is 4.98. The average molecular weight is 284 g/mol. The highest BCUT2D eigenvalue weighted by Crippen LogP contribution is 2.39. The molecule has 1 aromatic rings. The molecule has 1 heterocycles. The van der Waals surface area contributed by atoms with Crippen molar-refractivity contribution in [2.75, 3.05) is 13.1 Å². The monoisotopic (exact) mass is 284 g/mol. The van der Waals surface area contributed by atoms with Crippen LogP contribution in [0.1, 0.15) is 48.0 Å². The third-order valence-corrected chi connectivity index (χ3v) is 4.98. The molecule has 2 atom stereocenters. The molecule has 1 saturated carbocycles. The van der Waals surface area contributed by atoms with Gasteiger partial charge in [0.2, 0.25) is 0 Å². The summed E-state index contributed by atoms with van der Waals surface area (Å²) in [4.78, 5) is 14.4. The number of rotatable bonds is 1. The first kappa shape index (κ1) is 14.1. The van der Waals surface area contributed by atoms with Gasteiger partial charge in [0, 0.05) is 24.6 Å². The van der Waals surface area contributed by atoms with Gasteiger partial charge in [0.15, 0.2) is 0 Å². The van der Waals surface area contributed by atoms with Crippen LogP contribution in [-0.2, 0) is 0 Å². The van der Waals surface area contributed by atoms with E-state index in [-0.39, 0.29) is 11.8 Å². The van der Waals surface area contributed by atoms with Crippen LogP contribution in [0.15, 0.2) is 24.3 Å². The number of hydrogen-bond donors (Lipinski definition) is 1. The van der Waals surface area contributed by atoms with Crippen molar-refractivity contribution in [3.8, 4) is 6.07 Å². The summed E-state index contributed by atoms with van der Waals surface area (Å²) in [6.45, 7) is 1.27. The average Bonchev–Trinajstić information content (AvgIpc) is 2.53. The van der Waals surface area contributed by atoms with Crippen molar-refractivity contribution >= 4 is 5.91 Å². The van der Waals surface area contributed by atoms with Gasteiger partial charge in [-0.15, -0.1) is 0 Å². The van der Waals surface area contributed by atoms with Crippen molar-refractivity contribution < 1.29 is 9.90 Å². The van der Waals surface area contributed by atoms with Gasteiger partial charge in [0.1, 0.15) is 0 Å². The van der Waals surface area contributed by atoms with Crippen LogP contribution in [0.5, 0.6) is 0 Å². The molecule has 0 bridgehead atoms. The normalized spacial score (nSPS) is 28.6. The molecule has 0 radical (unpaired) electrons. The summed E-state index contributed by atoms with van der Waals surface area (Å²) >= 11 is 0. The number of amides is 1. The van der Waals surface area contributed by atoms with Crippen LogP contribution >= 0.6 is 0 Å². The number of carbonyl (C=O) groups excluding carboxylic acids is 1. The Balaban J connectivity index is 1.72. The van der Waals surface area contributed by atoms with Crippen molar-refractivity contribution in [3.63, 3.8) is 0 Å². The van der Waals surface area contributed by atoms with E-state index in [0.717, 1.165) is 25.7 Å². The van der Waals surface area contributed by atoms with Crippen molar-refractivity contribution in [1.29, 1.82) is 5.26 Å². The molecule has 2 unspecified atom stereocenters. The smallest absolute Gasteiger partial charge is 0.253 e. The Morgan fingerprint density at radius 1 is 1.29 bits per heavy atom. The zero-order valence-corrected chi connectivity index (χ0v) is 12.1. The molecule has 0 spiro atoms. The number of likely N-dealkylation sites (tertiary alicyclic amines) is 1. The quantitative estimate of drug-likeness (QED) is 0.860. The Labute approximate surface area is 125 Å². The second-order valence-corrected chi connectivity index (χ2v) is 6.24.